The Kier molecular flexibility index (Phi) is 5.97. The van der Waals surface area contributed by atoms with Crippen LogP contribution in [0.4, 0.5) is 0 Å². The summed E-state index contributed by atoms with van der Waals surface area (Å²) >= 11 is 0. The van der Waals surface area contributed by atoms with Crippen LogP contribution in [0.2, 0.25) is 0 Å². The van der Waals surface area contributed by atoms with Crippen molar-refractivity contribution in [3.63, 3.8) is 0 Å². The van der Waals surface area contributed by atoms with Gasteiger partial charge in [-0.05, 0) is 36.0 Å². The van der Waals surface area contributed by atoms with Crippen molar-refractivity contribution >= 4 is 18.0 Å². The number of esters is 1. The molecule has 0 unspecified atom stereocenters. The molecule has 0 spiro atoms. The first-order valence-corrected chi connectivity index (χ1v) is 8.16. The van der Waals surface area contributed by atoms with Gasteiger partial charge in [0.1, 0.15) is 0 Å². The first-order valence-electron chi connectivity index (χ1n) is 8.16. The molecule has 1 aromatic rings. The number of carbonyl (C=O) groups is 2. The minimum absolute atomic E-state index is 0.0376. The van der Waals surface area contributed by atoms with Gasteiger partial charge in [0.25, 0.3) is 0 Å². The normalized spacial score (nSPS) is 14.3. The summed E-state index contributed by atoms with van der Waals surface area (Å²) in [4.78, 5) is 25.4. The highest BCUT2D eigenvalue weighted by atomic mass is 16.5. The minimum Gasteiger partial charge on any atom is -0.469 e. The zero-order valence-electron chi connectivity index (χ0n) is 14.1. The summed E-state index contributed by atoms with van der Waals surface area (Å²) in [6.07, 6.45) is 5.71. The third-order valence-electron chi connectivity index (χ3n) is 4.08. The van der Waals surface area contributed by atoms with Crippen LogP contribution in [0, 0.1) is 0 Å². The largest absolute Gasteiger partial charge is 0.469 e. The lowest BCUT2D eigenvalue weighted by atomic mass is 10.0. The van der Waals surface area contributed by atoms with E-state index in [1.807, 2.05) is 18.2 Å². The van der Waals surface area contributed by atoms with Crippen molar-refractivity contribution in [2.24, 2.45) is 0 Å². The minimum atomic E-state index is -0.281. The van der Waals surface area contributed by atoms with Gasteiger partial charge in [0.05, 0.1) is 13.5 Å². The Labute approximate surface area is 138 Å². The molecule has 1 aliphatic rings. The number of amides is 1. The molecular weight excluding hydrogens is 290 g/mol. The van der Waals surface area contributed by atoms with Gasteiger partial charge in [-0.3, -0.25) is 9.59 Å². The average molecular weight is 315 g/mol. The summed E-state index contributed by atoms with van der Waals surface area (Å²) in [6, 6.07) is 8.50. The average Bonchev–Trinajstić information content (AvgIpc) is 3.38. The predicted molar refractivity (Wildman–Crippen MR) is 90.9 cm³/mol. The van der Waals surface area contributed by atoms with E-state index >= 15 is 0 Å². The van der Waals surface area contributed by atoms with Crippen molar-refractivity contribution in [3.05, 3.63) is 41.5 Å². The van der Waals surface area contributed by atoms with E-state index in [-0.39, 0.29) is 24.3 Å². The number of carbonyl (C=O) groups excluding carboxylic acids is 2. The summed E-state index contributed by atoms with van der Waals surface area (Å²) in [6.45, 7) is 4.74. The third kappa shape index (κ3) is 5.23. The van der Waals surface area contributed by atoms with Crippen LogP contribution in [0.1, 0.15) is 50.2 Å². The Balaban J connectivity index is 1.95. The topological polar surface area (TPSA) is 46.6 Å². The van der Waals surface area contributed by atoms with E-state index in [1.54, 1.807) is 11.0 Å². The quantitative estimate of drug-likeness (QED) is 0.572. The van der Waals surface area contributed by atoms with Crippen LogP contribution in [-0.2, 0) is 14.3 Å². The van der Waals surface area contributed by atoms with Crippen LogP contribution in [0.5, 0.6) is 0 Å². The molecule has 0 N–H and O–H groups in total. The van der Waals surface area contributed by atoms with Gasteiger partial charge in [-0.15, -0.1) is 0 Å². The van der Waals surface area contributed by atoms with Crippen molar-refractivity contribution in [3.8, 4) is 0 Å². The molecule has 4 heteroatoms. The third-order valence-corrected chi connectivity index (χ3v) is 4.08. The van der Waals surface area contributed by atoms with Crippen molar-refractivity contribution in [1.82, 2.24) is 4.90 Å². The van der Waals surface area contributed by atoms with Crippen molar-refractivity contribution < 1.29 is 14.3 Å². The van der Waals surface area contributed by atoms with E-state index in [0.717, 1.165) is 18.4 Å². The summed E-state index contributed by atoms with van der Waals surface area (Å²) in [5.74, 6) is 0.180. The van der Waals surface area contributed by atoms with Gasteiger partial charge >= 0.3 is 5.97 Å². The summed E-state index contributed by atoms with van der Waals surface area (Å²) < 4.78 is 4.65. The molecule has 0 aromatic heterocycles. The number of hydrogen-bond donors (Lipinski definition) is 0. The van der Waals surface area contributed by atoms with Gasteiger partial charge < -0.3 is 9.64 Å². The van der Waals surface area contributed by atoms with Gasteiger partial charge in [0.15, 0.2) is 0 Å². The fourth-order valence-corrected chi connectivity index (χ4v) is 2.43. The molecule has 0 aliphatic heterocycles. The van der Waals surface area contributed by atoms with E-state index < -0.39 is 0 Å². The molecule has 0 heterocycles. The molecule has 23 heavy (non-hydrogen) atoms. The number of nitrogens with zero attached hydrogens (tertiary/aromatic N) is 1. The van der Waals surface area contributed by atoms with Gasteiger partial charge in [-0.25, -0.2) is 0 Å². The smallest absolute Gasteiger partial charge is 0.307 e. The molecule has 124 valence electrons. The fourth-order valence-electron chi connectivity index (χ4n) is 2.43. The molecule has 4 nitrogen and oxygen atoms in total. The Morgan fingerprint density at radius 2 is 1.91 bits per heavy atom. The number of rotatable bonds is 7. The highest BCUT2D eigenvalue weighted by Gasteiger charge is 2.31. The molecule has 1 aromatic carbocycles. The second-order valence-electron chi connectivity index (χ2n) is 6.24. The zero-order chi connectivity index (χ0) is 16.8. The Morgan fingerprint density at radius 1 is 1.26 bits per heavy atom. The highest BCUT2D eigenvalue weighted by Crippen LogP contribution is 2.27. The van der Waals surface area contributed by atoms with Gasteiger partial charge in [0, 0.05) is 18.7 Å². The molecule has 0 bridgehead atoms. The molecule has 1 fully saturated rings. The summed E-state index contributed by atoms with van der Waals surface area (Å²) in [7, 11) is 1.37. The second kappa shape index (κ2) is 7.95. The van der Waals surface area contributed by atoms with Crippen molar-refractivity contribution in [1.29, 1.82) is 0 Å². The second-order valence-corrected chi connectivity index (χ2v) is 6.24. The van der Waals surface area contributed by atoms with Gasteiger partial charge in [-0.1, -0.05) is 38.1 Å². The van der Waals surface area contributed by atoms with E-state index in [9.17, 15) is 9.59 Å². The van der Waals surface area contributed by atoms with Crippen LogP contribution in [0.15, 0.2) is 30.3 Å². The van der Waals surface area contributed by atoms with Crippen LogP contribution in [0.3, 0.4) is 0 Å². The highest BCUT2D eigenvalue weighted by molar-refractivity contribution is 5.92. The van der Waals surface area contributed by atoms with Crippen molar-refractivity contribution in [2.75, 3.05) is 13.7 Å². The maximum absolute atomic E-state index is 12.4. The Morgan fingerprint density at radius 3 is 2.43 bits per heavy atom. The molecule has 1 aliphatic carbocycles. The van der Waals surface area contributed by atoms with Crippen LogP contribution in [-0.4, -0.2) is 36.5 Å². The number of hydrogen-bond acceptors (Lipinski definition) is 3. The standard InChI is InChI=1S/C19H25NO3/c1-14(2)16-7-4-15(5-8-16)6-11-18(21)20(17-9-10-17)13-12-19(22)23-3/h4-8,11,14,17H,9-10,12-13H2,1-3H3/b11-6+. The lowest BCUT2D eigenvalue weighted by Gasteiger charge is -2.20. The predicted octanol–water partition coefficient (Wildman–Crippen LogP) is 3.38. The van der Waals surface area contributed by atoms with Crippen LogP contribution >= 0.6 is 0 Å². The number of ether oxygens (including phenoxy) is 1. The molecule has 1 saturated carbocycles. The van der Waals surface area contributed by atoms with Crippen molar-refractivity contribution in [2.45, 2.75) is 45.1 Å². The van der Waals surface area contributed by atoms with Gasteiger partial charge in [-0.2, -0.15) is 0 Å². The van der Waals surface area contributed by atoms with Crippen LogP contribution < -0.4 is 0 Å². The van der Waals surface area contributed by atoms with Gasteiger partial charge in [0.2, 0.25) is 5.91 Å². The SMILES string of the molecule is COC(=O)CCN(C(=O)/C=C/c1ccc(C(C)C)cc1)C1CC1. The lowest BCUT2D eigenvalue weighted by Crippen LogP contribution is -2.33. The molecule has 0 saturated heterocycles. The molecule has 2 rings (SSSR count). The van der Waals surface area contributed by atoms with E-state index in [4.69, 9.17) is 0 Å². The zero-order valence-corrected chi connectivity index (χ0v) is 14.1. The Hall–Kier alpha value is -2.10. The van der Waals surface area contributed by atoms with E-state index in [2.05, 4.69) is 30.7 Å². The summed E-state index contributed by atoms with van der Waals surface area (Å²) in [5, 5.41) is 0. The van der Waals surface area contributed by atoms with E-state index in [0.29, 0.717) is 12.5 Å². The summed E-state index contributed by atoms with van der Waals surface area (Å²) in [5.41, 5.74) is 2.29. The molecule has 1 amide bonds. The molecular formula is C19H25NO3. The monoisotopic (exact) mass is 315 g/mol. The molecule has 0 radical (unpaired) electrons. The first-order chi connectivity index (χ1) is 11.0. The fraction of sp³-hybridized carbons (Fsp3) is 0.474. The maximum atomic E-state index is 12.4. The first kappa shape index (κ1) is 17.3. The number of methoxy groups -OCH3 is 1. The van der Waals surface area contributed by atoms with E-state index in [1.165, 1.54) is 12.7 Å². The Bertz CT molecular complexity index is 571. The maximum Gasteiger partial charge on any atom is 0.307 e. The van der Waals surface area contributed by atoms with Crippen LogP contribution in [0.25, 0.3) is 6.08 Å². The molecule has 0 atom stereocenters. The lowest BCUT2D eigenvalue weighted by molar-refractivity contribution is -0.141. The number of benzene rings is 1.